The van der Waals surface area contributed by atoms with Gasteiger partial charge in [0.15, 0.2) is 0 Å². The Morgan fingerprint density at radius 3 is 2.41 bits per heavy atom. The third-order valence-corrected chi connectivity index (χ3v) is 5.43. The highest BCUT2D eigenvalue weighted by Crippen LogP contribution is 2.17. The second kappa shape index (κ2) is 11.6. The number of nitrogens with zero attached hydrogens (tertiary/aromatic N) is 1. The number of carbonyl (C=O) groups is 2. The Kier molecular flexibility index (Phi) is 9.22. The fourth-order valence-electron chi connectivity index (χ4n) is 3.13. The molecule has 0 aromatic heterocycles. The summed E-state index contributed by atoms with van der Waals surface area (Å²) in [6.07, 6.45) is 2.58. The normalized spacial score (nSPS) is 13.0. The molecule has 5 nitrogen and oxygen atoms in total. The molecule has 0 bridgehead atoms. The summed E-state index contributed by atoms with van der Waals surface area (Å²) in [4.78, 5) is 27.6. The van der Waals surface area contributed by atoms with Gasteiger partial charge in [0, 0.05) is 12.1 Å². The minimum atomic E-state index is -0.561. The lowest BCUT2D eigenvalue weighted by Crippen LogP contribution is -2.48. The maximum Gasteiger partial charge on any atom is 0.251 e. The average molecular weight is 414 g/mol. The summed E-state index contributed by atoms with van der Waals surface area (Å²) >= 11 is 1.66. The molecule has 2 rings (SSSR count). The molecule has 0 aliphatic heterocycles. The number of nitrogens with one attached hydrogen (secondary N) is 2. The van der Waals surface area contributed by atoms with Crippen LogP contribution in [0.15, 0.2) is 54.6 Å². The predicted molar refractivity (Wildman–Crippen MR) is 121 cm³/mol. The molecule has 0 radical (unpaired) electrons. The lowest BCUT2D eigenvalue weighted by Gasteiger charge is -2.26. The zero-order chi connectivity index (χ0) is 21.2. The van der Waals surface area contributed by atoms with Crippen LogP contribution in [0.1, 0.15) is 33.9 Å². The summed E-state index contributed by atoms with van der Waals surface area (Å²) < 4.78 is 0. The topological polar surface area (TPSA) is 61.4 Å². The molecule has 2 amide bonds. The summed E-state index contributed by atoms with van der Waals surface area (Å²) in [5, 5.41) is 5.95. The van der Waals surface area contributed by atoms with E-state index in [0.29, 0.717) is 18.5 Å². The molecule has 29 heavy (non-hydrogen) atoms. The molecule has 6 heteroatoms. The Hall–Kier alpha value is -2.31. The Balaban J connectivity index is 2.04. The van der Waals surface area contributed by atoms with Crippen molar-refractivity contribution in [3.8, 4) is 0 Å². The van der Waals surface area contributed by atoms with Crippen molar-refractivity contribution in [1.82, 2.24) is 15.5 Å². The Labute approximate surface area is 178 Å². The van der Waals surface area contributed by atoms with Crippen molar-refractivity contribution in [1.29, 1.82) is 0 Å². The summed E-state index contributed by atoms with van der Waals surface area (Å²) in [6.45, 7) is 2.42. The van der Waals surface area contributed by atoms with Gasteiger partial charge in [-0.05, 0) is 57.1 Å². The van der Waals surface area contributed by atoms with Crippen LogP contribution in [-0.4, -0.2) is 55.4 Å². The molecule has 0 aliphatic carbocycles. The van der Waals surface area contributed by atoms with Crippen LogP contribution in [0.3, 0.4) is 0 Å². The lowest BCUT2D eigenvalue weighted by atomic mass is 10.1. The van der Waals surface area contributed by atoms with E-state index in [9.17, 15) is 9.59 Å². The minimum absolute atomic E-state index is 0.0637. The van der Waals surface area contributed by atoms with E-state index in [-0.39, 0.29) is 17.9 Å². The van der Waals surface area contributed by atoms with Gasteiger partial charge in [-0.25, -0.2) is 0 Å². The van der Waals surface area contributed by atoms with E-state index in [2.05, 4.69) is 27.7 Å². The molecule has 0 heterocycles. The van der Waals surface area contributed by atoms with Gasteiger partial charge in [-0.3, -0.25) is 9.59 Å². The predicted octanol–water partition coefficient (Wildman–Crippen LogP) is 3.27. The van der Waals surface area contributed by atoms with Gasteiger partial charge in [0.2, 0.25) is 5.91 Å². The number of thioether (sulfide) groups is 1. The van der Waals surface area contributed by atoms with Crippen LogP contribution in [0, 0.1) is 6.92 Å². The SMILES string of the molecule is CSCCC(NC(=O)c1cccc(C)c1)C(=O)NCC(c1ccccc1)N(C)C. The molecule has 0 spiro atoms. The first kappa shape index (κ1) is 23.0. The number of rotatable bonds is 10. The average Bonchev–Trinajstić information content (AvgIpc) is 2.71. The summed E-state index contributed by atoms with van der Waals surface area (Å²) in [5.41, 5.74) is 2.73. The van der Waals surface area contributed by atoms with Crippen LogP contribution < -0.4 is 10.6 Å². The number of aryl methyl sites for hydroxylation is 1. The first-order valence-electron chi connectivity index (χ1n) is 9.78. The van der Waals surface area contributed by atoms with E-state index in [1.165, 1.54) is 0 Å². The second-order valence-electron chi connectivity index (χ2n) is 7.31. The largest absolute Gasteiger partial charge is 0.352 e. The molecular formula is C23H31N3O2S. The van der Waals surface area contributed by atoms with Crippen molar-refractivity contribution in [2.45, 2.75) is 25.4 Å². The van der Waals surface area contributed by atoms with E-state index in [0.717, 1.165) is 16.9 Å². The van der Waals surface area contributed by atoms with E-state index in [1.807, 2.05) is 63.7 Å². The molecule has 2 atom stereocenters. The summed E-state index contributed by atoms with van der Waals surface area (Å²) in [7, 11) is 3.99. The van der Waals surface area contributed by atoms with Gasteiger partial charge in [0.1, 0.15) is 6.04 Å². The molecule has 0 saturated carbocycles. The van der Waals surface area contributed by atoms with E-state index >= 15 is 0 Å². The smallest absolute Gasteiger partial charge is 0.251 e. The van der Waals surface area contributed by atoms with Gasteiger partial charge in [-0.15, -0.1) is 0 Å². The van der Waals surface area contributed by atoms with E-state index < -0.39 is 6.04 Å². The molecule has 0 saturated heterocycles. The fourth-order valence-corrected chi connectivity index (χ4v) is 3.60. The Morgan fingerprint density at radius 1 is 1.07 bits per heavy atom. The first-order chi connectivity index (χ1) is 13.9. The second-order valence-corrected chi connectivity index (χ2v) is 8.30. The number of amides is 2. The van der Waals surface area contributed by atoms with Crippen LogP contribution in [0.4, 0.5) is 0 Å². The molecular weight excluding hydrogens is 382 g/mol. The number of benzene rings is 2. The van der Waals surface area contributed by atoms with E-state index in [1.54, 1.807) is 17.8 Å². The van der Waals surface area contributed by atoms with Gasteiger partial charge in [-0.1, -0.05) is 48.0 Å². The van der Waals surface area contributed by atoms with Crippen molar-refractivity contribution in [3.63, 3.8) is 0 Å². The molecule has 2 N–H and O–H groups in total. The molecule has 2 aromatic rings. The van der Waals surface area contributed by atoms with Crippen molar-refractivity contribution in [2.24, 2.45) is 0 Å². The molecule has 2 unspecified atom stereocenters. The van der Waals surface area contributed by atoms with Crippen molar-refractivity contribution in [3.05, 3.63) is 71.3 Å². The zero-order valence-electron chi connectivity index (χ0n) is 17.6. The highest BCUT2D eigenvalue weighted by molar-refractivity contribution is 7.98. The maximum atomic E-state index is 12.9. The standard InChI is InChI=1S/C23H31N3O2S/c1-17-9-8-12-19(15-17)22(27)25-20(13-14-29-4)23(28)24-16-21(26(2)3)18-10-6-5-7-11-18/h5-12,15,20-21H,13-14,16H2,1-4H3,(H,24,28)(H,25,27). The van der Waals surface area contributed by atoms with Gasteiger partial charge in [0.25, 0.3) is 5.91 Å². The number of likely N-dealkylation sites (N-methyl/N-ethyl adjacent to an activating group) is 1. The van der Waals surface area contributed by atoms with Crippen molar-refractivity contribution in [2.75, 3.05) is 32.6 Å². The monoisotopic (exact) mass is 413 g/mol. The fraction of sp³-hybridized carbons (Fsp3) is 0.391. The Bertz CT molecular complexity index is 796. The summed E-state index contributed by atoms with van der Waals surface area (Å²) in [5.74, 6) is 0.423. The molecule has 156 valence electrons. The van der Waals surface area contributed by atoms with Crippen molar-refractivity contribution < 1.29 is 9.59 Å². The van der Waals surface area contributed by atoms with Gasteiger partial charge < -0.3 is 15.5 Å². The van der Waals surface area contributed by atoms with Crippen LogP contribution >= 0.6 is 11.8 Å². The first-order valence-corrected chi connectivity index (χ1v) is 11.2. The lowest BCUT2D eigenvalue weighted by molar-refractivity contribution is -0.123. The van der Waals surface area contributed by atoms with Gasteiger partial charge in [0.05, 0.1) is 6.04 Å². The van der Waals surface area contributed by atoms with Gasteiger partial charge in [-0.2, -0.15) is 11.8 Å². The molecule has 0 aliphatic rings. The van der Waals surface area contributed by atoms with Crippen LogP contribution in [0.25, 0.3) is 0 Å². The number of hydrogen-bond acceptors (Lipinski definition) is 4. The Morgan fingerprint density at radius 2 is 1.79 bits per heavy atom. The van der Waals surface area contributed by atoms with Crippen LogP contribution in [0.5, 0.6) is 0 Å². The number of hydrogen-bond donors (Lipinski definition) is 2. The van der Waals surface area contributed by atoms with Crippen LogP contribution in [-0.2, 0) is 4.79 Å². The van der Waals surface area contributed by atoms with Gasteiger partial charge >= 0.3 is 0 Å². The molecule has 0 fully saturated rings. The van der Waals surface area contributed by atoms with Crippen molar-refractivity contribution >= 4 is 23.6 Å². The number of carbonyl (C=O) groups excluding carboxylic acids is 2. The highest BCUT2D eigenvalue weighted by Gasteiger charge is 2.23. The molecule has 2 aromatic carbocycles. The zero-order valence-corrected chi connectivity index (χ0v) is 18.5. The minimum Gasteiger partial charge on any atom is -0.352 e. The maximum absolute atomic E-state index is 12.9. The third kappa shape index (κ3) is 7.22. The third-order valence-electron chi connectivity index (χ3n) is 4.79. The highest BCUT2D eigenvalue weighted by atomic mass is 32.2. The summed E-state index contributed by atoms with van der Waals surface area (Å²) in [6, 6.07) is 17.0. The van der Waals surface area contributed by atoms with Crippen LogP contribution in [0.2, 0.25) is 0 Å². The quantitative estimate of drug-likeness (QED) is 0.628. The van der Waals surface area contributed by atoms with E-state index in [4.69, 9.17) is 0 Å².